The van der Waals surface area contributed by atoms with Gasteiger partial charge in [-0.3, -0.25) is 5.10 Å². The zero-order valence-electron chi connectivity index (χ0n) is 10.2. The highest BCUT2D eigenvalue weighted by molar-refractivity contribution is 7.89. The molecular formula is C12H14N2O3S. The van der Waals surface area contributed by atoms with Gasteiger partial charge in [-0.15, -0.1) is 0 Å². The van der Waals surface area contributed by atoms with Crippen LogP contribution in [0, 0.1) is 0 Å². The summed E-state index contributed by atoms with van der Waals surface area (Å²) >= 11 is 0. The van der Waals surface area contributed by atoms with Gasteiger partial charge in [0, 0.05) is 11.8 Å². The molecule has 0 radical (unpaired) electrons. The maximum absolute atomic E-state index is 11.2. The van der Waals surface area contributed by atoms with Crippen LogP contribution in [0.15, 0.2) is 30.3 Å². The maximum Gasteiger partial charge on any atom is 0.153 e. The van der Waals surface area contributed by atoms with Crippen molar-refractivity contribution < 1.29 is 13.2 Å². The number of aromatic amines is 1. The summed E-state index contributed by atoms with van der Waals surface area (Å²) in [5.74, 6) is 0.657. The van der Waals surface area contributed by atoms with Crippen LogP contribution in [0.1, 0.15) is 5.69 Å². The fourth-order valence-corrected chi connectivity index (χ4v) is 2.43. The second-order valence-corrected chi connectivity index (χ2v) is 6.19. The summed E-state index contributed by atoms with van der Waals surface area (Å²) < 4.78 is 27.6. The van der Waals surface area contributed by atoms with E-state index in [1.54, 1.807) is 13.2 Å². The average molecular weight is 266 g/mol. The number of methoxy groups -OCH3 is 1. The summed E-state index contributed by atoms with van der Waals surface area (Å²) in [6.45, 7) is 0. The van der Waals surface area contributed by atoms with E-state index in [1.165, 1.54) is 6.26 Å². The predicted octanol–water partition coefficient (Wildman–Crippen LogP) is 1.63. The van der Waals surface area contributed by atoms with Gasteiger partial charge in [-0.05, 0) is 18.2 Å². The molecule has 6 heteroatoms. The number of rotatable bonds is 4. The summed E-state index contributed by atoms with van der Waals surface area (Å²) in [5, 5.41) is 6.84. The van der Waals surface area contributed by atoms with E-state index in [0.29, 0.717) is 17.1 Å². The van der Waals surface area contributed by atoms with E-state index < -0.39 is 9.84 Å². The topological polar surface area (TPSA) is 72.1 Å². The Kier molecular flexibility index (Phi) is 3.38. The predicted molar refractivity (Wildman–Crippen MR) is 69.1 cm³/mol. The molecule has 0 atom stereocenters. The van der Waals surface area contributed by atoms with E-state index in [-0.39, 0.29) is 5.75 Å². The van der Waals surface area contributed by atoms with Crippen LogP contribution in [0.5, 0.6) is 5.75 Å². The minimum atomic E-state index is -3.06. The molecule has 1 heterocycles. The fourth-order valence-electron chi connectivity index (χ4n) is 1.71. The second kappa shape index (κ2) is 4.81. The van der Waals surface area contributed by atoms with Gasteiger partial charge in [0.2, 0.25) is 0 Å². The van der Waals surface area contributed by atoms with E-state index in [2.05, 4.69) is 10.2 Å². The fraction of sp³-hybridized carbons (Fsp3) is 0.250. The molecule has 2 aromatic rings. The van der Waals surface area contributed by atoms with Gasteiger partial charge >= 0.3 is 0 Å². The molecule has 5 nitrogen and oxygen atoms in total. The van der Waals surface area contributed by atoms with Gasteiger partial charge in [-0.2, -0.15) is 5.10 Å². The lowest BCUT2D eigenvalue weighted by Gasteiger charge is -2.04. The van der Waals surface area contributed by atoms with Gasteiger partial charge in [0.05, 0.1) is 24.3 Å². The van der Waals surface area contributed by atoms with E-state index in [4.69, 9.17) is 4.74 Å². The van der Waals surface area contributed by atoms with Crippen molar-refractivity contribution in [3.05, 3.63) is 36.0 Å². The van der Waals surface area contributed by atoms with Crippen LogP contribution in [0.25, 0.3) is 11.3 Å². The van der Waals surface area contributed by atoms with Crippen LogP contribution >= 0.6 is 0 Å². The lowest BCUT2D eigenvalue weighted by Crippen LogP contribution is -2.00. The highest BCUT2D eigenvalue weighted by Crippen LogP contribution is 2.28. The molecule has 0 amide bonds. The quantitative estimate of drug-likeness (QED) is 0.913. The first-order chi connectivity index (χ1) is 8.49. The molecule has 1 aromatic carbocycles. The first-order valence-electron chi connectivity index (χ1n) is 5.35. The van der Waals surface area contributed by atoms with E-state index >= 15 is 0 Å². The van der Waals surface area contributed by atoms with Crippen LogP contribution in [0.4, 0.5) is 0 Å². The van der Waals surface area contributed by atoms with Crippen molar-refractivity contribution in [3.8, 4) is 17.0 Å². The third-order valence-electron chi connectivity index (χ3n) is 2.43. The number of aromatic nitrogens is 2. The summed E-state index contributed by atoms with van der Waals surface area (Å²) in [4.78, 5) is 0. The van der Waals surface area contributed by atoms with Crippen molar-refractivity contribution in [2.75, 3.05) is 13.4 Å². The van der Waals surface area contributed by atoms with Gasteiger partial charge in [0.1, 0.15) is 5.75 Å². The molecule has 0 saturated heterocycles. The zero-order valence-corrected chi connectivity index (χ0v) is 11.0. The number of nitrogens with one attached hydrogen (secondary N) is 1. The van der Waals surface area contributed by atoms with Crippen LogP contribution in [0.2, 0.25) is 0 Å². The standard InChI is InChI=1S/C12H14N2O3S/c1-17-12-6-4-3-5-10(12)11-7-9(13-14-11)8-18(2,15)16/h3-7H,8H2,1-2H3,(H,13,14). The molecule has 18 heavy (non-hydrogen) atoms. The third-order valence-corrected chi connectivity index (χ3v) is 3.27. The average Bonchev–Trinajstić information content (AvgIpc) is 2.75. The largest absolute Gasteiger partial charge is 0.496 e. The molecule has 0 unspecified atom stereocenters. The summed E-state index contributed by atoms with van der Waals surface area (Å²) in [7, 11) is -1.48. The maximum atomic E-state index is 11.2. The Labute approximate surface area is 106 Å². The van der Waals surface area contributed by atoms with Crippen molar-refractivity contribution in [1.29, 1.82) is 0 Å². The Balaban J connectivity index is 2.35. The molecule has 0 aliphatic carbocycles. The van der Waals surface area contributed by atoms with Gasteiger partial charge in [0.25, 0.3) is 0 Å². The molecule has 1 aromatic heterocycles. The van der Waals surface area contributed by atoms with E-state index in [1.807, 2.05) is 24.3 Å². The van der Waals surface area contributed by atoms with Crippen LogP contribution < -0.4 is 4.74 Å². The Morgan fingerprint density at radius 2 is 2.06 bits per heavy atom. The summed E-state index contributed by atoms with van der Waals surface area (Å²) in [6.07, 6.45) is 1.19. The van der Waals surface area contributed by atoms with Crippen molar-refractivity contribution in [2.24, 2.45) is 0 Å². The number of hydrogen-bond acceptors (Lipinski definition) is 4. The van der Waals surface area contributed by atoms with Crippen LogP contribution in [-0.2, 0) is 15.6 Å². The Morgan fingerprint density at radius 3 is 2.72 bits per heavy atom. The molecule has 0 fully saturated rings. The number of para-hydroxylation sites is 1. The van der Waals surface area contributed by atoms with Gasteiger partial charge in [0.15, 0.2) is 9.84 Å². The smallest absolute Gasteiger partial charge is 0.153 e. The molecule has 2 rings (SSSR count). The van der Waals surface area contributed by atoms with Gasteiger partial charge in [-0.25, -0.2) is 8.42 Å². The SMILES string of the molecule is COc1ccccc1-c1cc(CS(C)(=O)=O)[nH]n1. The molecule has 1 N–H and O–H groups in total. The molecule has 0 bridgehead atoms. The van der Waals surface area contributed by atoms with Crippen molar-refractivity contribution in [1.82, 2.24) is 10.2 Å². The zero-order chi connectivity index (χ0) is 13.2. The lowest BCUT2D eigenvalue weighted by molar-refractivity contribution is 0.416. The second-order valence-electron chi connectivity index (χ2n) is 4.05. The molecule has 0 aliphatic rings. The van der Waals surface area contributed by atoms with E-state index in [0.717, 1.165) is 5.56 Å². The molecule has 96 valence electrons. The molecule has 0 spiro atoms. The third kappa shape index (κ3) is 2.89. The van der Waals surface area contributed by atoms with Crippen molar-refractivity contribution in [2.45, 2.75) is 5.75 Å². The van der Waals surface area contributed by atoms with Crippen molar-refractivity contribution >= 4 is 9.84 Å². The highest BCUT2D eigenvalue weighted by atomic mass is 32.2. The summed E-state index contributed by atoms with van der Waals surface area (Å²) in [5.41, 5.74) is 2.07. The summed E-state index contributed by atoms with van der Waals surface area (Å²) in [6, 6.07) is 9.17. The number of nitrogens with zero attached hydrogens (tertiary/aromatic N) is 1. The monoisotopic (exact) mass is 266 g/mol. The Hall–Kier alpha value is -1.82. The molecule has 0 saturated carbocycles. The van der Waals surface area contributed by atoms with E-state index in [9.17, 15) is 8.42 Å². The first kappa shape index (κ1) is 12.6. The lowest BCUT2D eigenvalue weighted by atomic mass is 10.1. The van der Waals surface area contributed by atoms with Crippen LogP contribution in [-0.4, -0.2) is 32.0 Å². The molecular weight excluding hydrogens is 252 g/mol. The number of sulfone groups is 1. The minimum Gasteiger partial charge on any atom is -0.496 e. The highest BCUT2D eigenvalue weighted by Gasteiger charge is 2.11. The number of ether oxygens (including phenoxy) is 1. The molecule has 0 aliphatic heterocycles. The van der Waals surface area contributed by atoms with Gasteiger partial charge < -0.3 is 4.74 Å². The number of benzene rings is 1. The Bertz CT molecular complexity index is 647. The van der Waals surface area contributed by atoms with Crippen LogP contribution in [0.3, 0.4) is 0 Å². The normalized spacial score (nSPS) is 11.4. The number of H-pyrrole nitrogens is 1. The first-order valence-corrected chi connectivity index (χ1v) is 7.41. The number of hydrogen-bond donors (Lipinski definition) is 1. The Morgan fingerprint density at radius 1 is 1.33 bits per heavy atom. The van der Waals surface area contributed by atoms with Crippen molar-refractivity contribution in [3.63, 3.8) is 0 Å². The van der Waals surface area contributed by atoms with Gasteiger partial charge in [-0.1, -0.05) is 12.1 Å². The minimum absolute atomic E-state index is 0.0465.